The van der Waals surface area contributed by atoms with Crippen LogP contribution in [0.25, 0.3) is 31.6 Å². The van der Waals surface area contributed by atoms with Crippen molar-refractivity contribution >= 4 is 72.0 Å². The van der Waals surface area contributed by atoms with E-state index in [4.69, 9.17) is 9.97 Å². The molecule has 6 rings (SSSR count). The summed E-state index contributed by atoms with van der Waals surface area (Å²) >= 11 is 3.02. The monoisotopic (exact) mass is 450 g/mol. The fourth-order valence-electron chi connectivity index (χ4n) is 4.14. The molecule has 0 radical (unpaired) electrons. The maximum Gasteiger partial charge on any atom is 0.261 e. The highest BCUT2D eigenvalue weighted by Gasteiger charge is 2.36. The van der Waals surface area contributed by atoms with Crippen LogP contribution in [0.1, 0.15) is 11.3 Å². The van der Waals surface area contributed by atoms with E-state index in [-0.39, 0.29) is 0 Å². The number of fused-ring (bicyclic) bond motifs is 2. The number of likely N-dealkylation sites (N-methyl/N-ethyl adjacent to an activating group) is 1. The van der Waals surface area contributed by atoms with Crippen molar-refractivity contribution in [2.24, 2.45) is 0 Å². The van der Waals surface area contributed by atoms with Crippen molar-refractivity contribution in [3.8, 4) is 0 Å². The minimum absolute atomic E-state index is 0.324. The van der Waals surface area contributed by atoms with Gasteiger partial charge < -0.3 is 14.8 Å². The fraction of sp³-hybridized carbons (Fsp3) is 0.238. The second kappa shape index (κ2) is 6.98. The summed E-state index contributed by atoms with van der Waals surface area (Å²) in [7, 11) is 2.10. The first-order valence-corrected chi connectivity index (χ1v) is 11.7. The van der Waals surface area contributed by atoms with E-state index in [1.165, 1.54) is 22.7 Å². The van der Waals surface area contributed by atoms with Gasteiger partial charge in [0, 0.05) is 37.9 Å². The third kappa shape index (κ3) is 2.90. The summed E-state index contributed by atoms with van der Waals surface area (Å²) in [6.07, 6.45) is 1.79. The molecule has 4 aromatic heterocycles. The number of H-pyrrole nitrogens is 1. The molecule has 156 valence electrons. The van der Waals surface area contributed by atoms with Gasteiger partial charge in [0.15, 0.2) is 0 Å². The highest BCUT2D eigenvalue weighted by molar-refractivity contribution is 7.18. The number of carbonyl (C=O) groups is 2. The van der Waals surface area contributed by atoms with E-state index in [1.54, 1.807) is 6.20 Å². The summed E-state index contributed by atoms with van der Waals surface area (Å²) in [4.78, 5) is 43.1. The van der Waals surface area contributed by atoms with Gasteiger partial charge in [0.2, 0.25) is 5.95 Å². The molecule has 6 heterocycles. The molecule has 1 saturated heterocycles. The van der Waals surface area contributed by atoms with E-state index < -0.39 is 11.8 Å². The molecule has 2 aliphatic rings. The Balaban J connectivity index is 1.58. The van der Waals surface area contributed by atoms with Crippen LogP contribution in [-0.4, -0.2) is 64.9 Å². The largest absolute Gasteiger partial charge is 0.360 e. The van der Waals surface area contributed by atoms with Crippen molar-refractivity contribution in [2.45, 2.75) is 0 Å². The lowest BCUT2D eigenvalue weighted by Crippen LogP contribution is -2.45. The van der Waals surface area contributed by atoms with E-state index >= 15 is 0 Å². The van der Waals surface area contributed by atoms with Gasteiger partial charge in [-0.25, -0.2) is 9.97 Å². The number of carbonyl (C=O) groups excluding carboxylic acids is 2. The van der Waals surface area contributed by atoms with Crippen LogP contribution in [0.4, 0.5) is 5.95 Å². The van der Waals surface area contributed by atoms with Gasteiger partial charge in [-0.3, -0.25) is 14.9 Å². The van der Waals surface area contributed by atoms with Gasteiger partial charge >= 0.3 is 0 Å². The van der Waals surface area contributed by atoms with E-state index in [0.717, 1.165) is 52.2 Å². The number of hydrogen-bond acceptors (Lipinski definition) is 8. The number of piperazine rings is 1. The molecule has 2 N–H and O–H groups in total. The third-order valence-electron chi connectivity index (χ3n) is 5.80. The summed E-state index contributed by atoms with van der Waals surface area (Å²) < 4.78 is 1.77. The van der Waals surface area contributed by atoms with Crippen molar-refractivity contribution in [1.29, 1.82) is 0 Å². The van der Waals surface area contributed by atoms with Gasteiger partial charge in [0.1, 0.15) is 5.69 Å². The van der Waals surface area contributed by atoms with Crippen LogP contribution in [0.2, 0.25) is 0 Å². The molecule has 10 heteroatoms. The topological polar surface area (TPSA) is 94.2 Å². The molecule has 1 fully saturated rings. The van der Waals surface area contributed by atoms with E-state index in [9.17, 15) is 9.59 Å². The Kier molecular flexibility index (Phi) is 4.20. The number of rotatable bonds is 3. The number of amides is 2. The summed E-state index contributed by atoms with van der Waals surface area (Å²) in [5.74, 6) is -0.203. The van der Waals surface area contributed by atoms with Crippen molar-refractivity contribution in [2.75, 3.05) is 38.1 Å². The number of nitrogens with zero attached hydrogens (tertiary/aromatic N) is 4. The summed E-state index contributed by atoms with van der Waals surface area (Å²) in [6.45, 7) is 3.48. The Labute approximate surface area is 185 Å². The molecule has 2 amide bonds. The predicted octanol–water partition coefficient (Wildman–Crippen LogP) is 2.55. The van der Waals surface area contributed by atoms with Crippen molar-refractivity contribution in [3.63, 3.8) is 0 Å². The average Bonchev–Trinajstić information content (AvgIpc) is 3.52. The number of imide groups is 1. The number of thiophene rings is 2. The van der Waals surface area contributed by atoms with Crippen LogP contribution >= 0.6 is 22.7 Å². The van der Waals surface area contributed by atoms with Gasteiger partial charge in [0.05, 0.1) is 31.6 Å². The Hall–Kier alpha value is -3.08. The van der Waals surface area contributed by atoms with Crippen LogP contribution in [0, 0.1) is 0 Å². The lowest BCUT2D eigenvalue weighted by atomic mass is 10.0. The zero-order chi connectivity index (χ0) is 21.1. The van der Waals surface area contributed by atoms with E-state index in [2.05, 4.69) is 27.1 Å². The molecular formula is C21H18N6O2S2. The fourth-order valence-corrected chi connectivity index (χ4v) is 5.85. The molecule has 0 unspecified atom stereocenters. The number of hydrogen-bond donors (Lipinski definition) is 2. The lowest BCUT2D eigenvalue weighted by Gasteiger charge is -2.32. The van der Waals surface area contributed by atoms with Crippen molar-refractivity contribution < 1.29 is 9.59 Å². The molecular weight excluding hydrogens is 432 g/mol. The molecule has 31 heavy (non-hydrogen) atoms. The quantitative estimate of drug-likeness (QED) is 0.466. The summed E-state index contributed by atoms with van der Waals surface area (Å²) in [6, 6.07) is 3.90. The number of aromatic nitrogens is 3. The minimum atomic E-state index is -0.413. The van der Waals surface area contributed by atoms with Crippen LogP contribution in [-0.2, 0) is 9.59 Å². The average molecular weight is 451 g/mol. The first-order valence-electron chi connectivity index (χ1n) is 9.94. The molecule has 0 bridgehead atoms. The van der Waals surface area contributed by atoms with Crippen molar-refractivity contribution in [3.05, 3.63) is 40.3 Å². The van der Waals surface area contributed by atoms with Gasteiger partial charge in [-0.15, -0.1) is 22.7 Å². The highest BCUT2D eigenvalue weighted by atomic mass is 32.1. The minimum Gasteiger partial charge on any atom is -0.360 e. The van der Waals surface area contributed by atoms with E-state index in [0.29, 0.717) is 22.8 Å². The predicted molar refractivity (Wildman–Crippen MR) is 123 cm³/mol. The molecule has 0 aromatic carbocycles. The van der Waals surface area contributed by atoms with Gasteiger partial charge in [-0.2, -0.15) is 0 Å². The molecule has 4 aromatic rings. The SMILES string of the molecule is CN1CCN(c2nc(C3=C(c4c[nH]c5ccsc45)C(=O)NC3=O)c3sccc3n2)CC1. The molecule has 2 aliphatic heterocycles. The summed E-state index contributed by atoms with van der Waals surface area (Å²) in [5.41, 5.74) is 3.69. The molecule has 0 aliphatic carbocycles. The normalized spacial score (nSPS) is 18.0. The standard InChI is InChI=1S/C21H18N6O2S2/c1-26-4-6-27(7-5-26)21-23-13-3-9-31-18(13)16(24-21)15-14(19(28)25-20(15)29)11-10-22-12-2-8-30-17(11)12/h2-3,8-10,22H,4-7H2,1H3,(H,25,28,29). The second-order valence-corrected chi connectivity index (χ2v) is 9.53. The van der Waals surface area contributed by atoms with E-state index in [1.807, 2.05) is 22.9 Å². The Bertz CT molecular complexity index is 1390. The van der Waals surface area contributed by atoms with Gasteiger partial charge in [0.25, 0.3) is 11.8 Å². The number of aromatic amines is 1. The first-order chi connectivity index (χ1) is 15.1. The van der Waals surface area contributed by atoms with Crippen LogP contribution in [0.15, 0.2) is 29.1 Å². The van der Waals surface area contributed by atoms with Gasteiger partial charge in [-0.1, -0.05) is 0 Å². The maximum atomic E-state index is 13.0. The molecule has 0 spiro atoms. The molecule has 8 nitrogen and oxygen atoms in total. The zero-order valence-corrected chi connectivity index (χ0v) is 18.3. The Morgan fingerprint density at radius 3 is 2.52 bits per heavy atom. The molecule has 0 atom stereocenters. The Morgan fingerprint density at radius 1 is 0.935 bits per heavy atom. The van der Waals surface area contributed by atoms with Crippen molar-refractivity contribution in [1.82, 2.24) is 25.2 Å². The Morgan fingerprint density at radius 2 is 1.68 bits per heavy atom. The number of anilines is 1. The third-order valence-corrected chi connectivity index (χ3v) is 7.66. The maximum absolute atomic E-state index is 13.0. The smallest absolute Gasteiger partial charge is 0.261 e. The van der Waals surface area contributed by atoms with Crippen LogP contribution in [0.3, 0.4) is 0 Å². The van der Waals surface area contributed by atoms with Crippen LogP contribution in [0.5, 0.6) is 0 Å². The first kappa shape index (κ1) is 18.7. The zero-order valence-electron chi connectivity index (χ0n) is 16.6. The second-order valence-electron chi connectivity index (χ2n) is 7.70. The molecule has 0 saturated carbocycles. The lowest BCUT2D eigenvalue weighted by molar-refractivity contribution is -0.122. The van der Waals surface area contributed by atoms with Crippen LogP contribution < -0.4 is 10.2 Å². The van der Waals surface area contributed by atoms with Gasteiger partial charge in [-0.05, 0) is 29.9 Å². The highest BCUT2D eigenvalue weighted by Crippen LogP contribution is 2.39. The number of nitrogens with one attached hydrogen (secondary N) is 2. The summed E-state index contributed by atoms with van der Waals surface area (Å²) in [5, 5.41) is 6.39.